The molecule has 0 saturated carbocycles. The predicted molar refractivity (Wildman–Crippen MR) is 80.5 cm³/mol. The van der Waals surface area contributed by atoms with Crippen LogP contribution in [0, 0.1) is 12.7 Å². The zero-order valence-electron chi connectivity index (χ0n) is 11.4. The number of ether oxygens (including phenoxy) is 1. The summed E-state index contributed by atoms with van der Waals surface area (Å²) in [6.07, 6.45) is -0.430. The maximum absolute atomic E-state index is 13.5. The lowest BCUT2D eigenvalue weighted by Gasteiger charge is -2.16. The molecule has 0 aliphatic rings. The Balaban J connectivity index is 2.30. The van der Waals surface area contributed by atoms with Crippen molar-refractivity contribution >= 4 is 15.9 Å². The van der Waals surface area contributed by atoms with Crippen molar-refractivity contribution in [2.45, 2.75) is 19.4 Å². The van der Waals surface area contributed by atoms with Crippen molar-refractivity contribution in [2.24, 2.45) is 0 Å². The maximum Gasteiger partial charge on any atom is 0.137 e. The zero-order chi connectivity index (χ0) is 14.7. The molecular formula is C16H16BrFO2. The fraction of sp³-hybridized carbons (Fsp3) is 0.250. The van der Waals surface area contributed by atoms with E-state index in [1.54, 1.807) is 19.2 Å². The van der Waals surface area contributed by atoms with E-state index in [2.05, 4.69) is 15.9 Å². The second-order valence-electron chi connectivity index (χ2n) is 4.68. The lowest BCUT2D eigenvalue weighted by atomic mass is 9.99. The Morgan fingerprint density at radius 2 is 2.05 bits per heavy atom. The summed E-state index contributed by atoms with van der Waals surface area (Å²) >= 11 is 3.21. The van der Waals surface area contributed by atoms with Crippen LogP contribution in [0.5, 0.6) is 5.75 Å². The van der Waals surface area contributed by atoms with Gasteiger partial charge < -0.3 is 9.84 Å². The molecule has 4 heteroatoms. The molecule has 20 heavy (non-hydrogen) atoms. The van der Waals surface area contributed by atoms with Gasteiger partial charge in [0.25, 0.3) is 0 Å². The van der Waals surface area contributed by atoms with Crippen LogP contribution >= 0.6 is 15.9 Å². The third-order valence-electron chi connectivity index (χ3n) is 3.19. The van der Waals surface area contributed by atoms with Crippen molar-refractivity contribution in [1.82, 2.24) is 0 Å². The van der Waals surface area contributed by atoms with E-state index in [1.807, 2.05) is 25.1 Å². The molecule has 0 amide bonds. The number of aliphatic hydroxyl groups is 1. The average Bonchev–Trinajstić information content (AvgIpc) is 2.43. The minimum atomic E-state index is -0.747. The summed E-state index contributed by atoms with van der Waals surface area (Å²) in [5, 5.41) is 10.4. The summed E-state index contributed by atoms with van der Waals surface area (Å²) in [4.78, 5) is 0. The largest absolute Gasteiger partial charge is 0.496 e. The van der Waals surface area contributed by atoms with Gasteiger partial charge in [-0.15, -0.1) is 0 Å². The van der Waals surface area contributed by atoms with Crippen LogP contribution in [0.3, 0.4) is 0 Å². The normalized spacial score (nSPS) is 12.2. The first kappa shape index (κ1) is 15.0. The second-order valence-corrected chi connectivity index (χ2v) is 5.47. The molecule has 0 aliphatic carbocycles. The fourth-order valence-electron chi connectivity index (χ4n) is 2.14. The van der Waals surface area contributed by atoms with E-state index in [4.69, 9.17) is 4.74 Å². The Kier molecular flexibility index (Phi) is 4.78. The molecule has 0 fully saturated rings. The lowest BCUT2D eigenvalue weighted by Crippen LogP contribution is -2.05. The van der Waals surface area contributed by atoms with Crippen molar-refractivity contribution < 1.29 is 14.2 Å². The molecule has 2 nitrogen and oxygen atoms in total. The second kappa shape index (κ2) is 6.37. The van der Waals surface area contributed by atoms with Gasteiger partial charge >= 0.3 is 0 Å². The molecule has 1 unspecified atom stereocenters. The van der Waals surface area contributed by atoms with Crippen LogP contribution in [0.4, 0.5) is 4.39 Å². The highest BCUT2D eigenvalue weighted by Gasteiger charge is 2.16. The van der Waals surface area contributed by atoms with Crippen LogP contribution in [-0.4, -0.2) is 12.2 Å². The van der Waals surface area contributed by atoms with Crippen LogP contribution in [0.1, 0.15) is 22.8 Å². The Labute approximate surface area is 126 Å². The Morgan fingerprint density at radius 1 is 1.30 bits per heavy atom. The van der Waals surface area contributed by atoms with Gasteiger partial charge in [-0.2, -0.15) is 0 Å². The highest BCUT2D eigenvalue weighted by Crippen LogP contribution is 2.31. The maximum atomic E-state index is 13.5. The Morgan fingerprint density at radius 3 is 2.75 bits per heavy atom. The summed E-state index contributed by atoms with van der Waals surface area (Å²) in [6.45, 7) is 1.95. The van der Waals surface area contributed by atoms with E-state index in [9.17, 15) is 9.50 Å². The van der Waals surface area contributed by atoms with Crippen molar-refractivity contribution in [3.8, 4) is 5.75 Å². The summed E-state index contributed by atoms with van der Waals surface area (Å²) in [5.74, 6) is 0.307. The molecule has 0 heterocycles. The number of hydrogen-bond acceptors (Lipinski definition) is 2. The molecule has 0 radical (unpaired) electrons. The molecule has 2 aromatic carbocycles. The van der Waals surface area contributed by atoms with Gasteiger partial charge in [-0.25, -0.2) is 4.39 Å². The quantitative estimate of drug-likeness (QED) is 0.905. The van der Waals surface area contributed by atoms with Gasteiger partial charge in [0, 0.05) is 12.0 Å². The van der Waals surface area contributed by atoms with Crippen LogP contribution < -0.4 is 4.74 Å². The van der Waals surface area contributed by atoms with Crippen molar-refractivity contribution in [2.75, 3.05) is 7.11 Å². The highest BCUT2D eigenvalue weighted by atomic mass is 79.9. The topological polar surface area (TPSA) is 29.5 Å². The number of rotatable bonds is 4. The number of benzene rings is 2. The molecule has 0 bridgehead atoms. The van der Waals surface area contributed by atoms with Gasteiger partial charge in [0.15, 0.2) is 0 Å². The lowest BCUT2D eigenvalue weighted by molar-refractivity contribution is 0.173. The molecule has 0 aliphatic heterocycles. The first-order valence-electron chi connectivity index (χ1n) is 6.28. The molecule has 1 atom stereocenters. The molecule has 2 aromatic rings. The summed E-state index contributed by atoms with van der Waals surface area (Å²) < 4.78 is 19.1. The predicted octanol–water partition coefficient (Wildman–Crippen LogP) is 4.18. The standard InChI is InChI=1S/C16H16BrFO2/c1-10-6-7-15(20-2)12(8-10)14(19)9-11-4-3-5-13(18)16(11)17/h3-8,14,19H,9H2,1-2H3. The monoisotopic (exact) mass is 338 g/mol. The molecule has 0 spiro atoms. The van der Waals surface area contributed by atoms with E-state index in [1.165, 1.54) is 6.07 Å². The van der Waals surface area contributed by atoms with Gasteiger partial charge in [-0.1, -0.05) is 23.8 Å². The minimum absolute atomic E-state index is 0.318. The SMILES string of the molecule is COc1ccc(C)cc1C(O)Cc1cccc(F)c1Br. The third kappa shape index (κ3) is 3.19. The Bertz CT molecular complexity index is 613. The smallest absolute Gasteiger partial charge is 0.137 e. The van der Waals surface area contributed by atoms with Crippen LogP contribution in [0.15, 0.2) is 40.9 Å². The van der Waals surface area contributed by atoms with Gasteiger partial charge in [0.05, 0.1) is 17.7 Å². The first-order chi connectivity index (χ1) is 9.52. The number of aryl methyl sites for hydroxylation is 1. The van der Waals surface area contributed by atoms with Crippen molar-refractivity contribution in [3.63, 3.8) is 0 Å². The van der Waals surface area contributed by atoms with E-state index < -0.39 is 6.10 Å². The molecular weight excluding hydrogens is 323 g/mol. The van der Waals surface area contributed by atoms with Crippen molar-refractivity contribution in [1.29, 1.82) is 0 Å². The molecule has 106 valence electrons. The van der Waals surface area contributed by atoms with Gasteiger partial charge in [0.2, 0.25) is 0 Å². The highest BCUT2D eigenvalue weighted by molar-refractivity contribution is 9.10. The van der Waals surface area contributed by atoms with Gasteiger partial charge in [0.1, 0.15) is 11.6 Å². The summed E-state index contributed by atoms with van der Waals surface area (Å²) in [6, 6.07) is 10.4. The molecule has 0 aromatic heterocycles. The number of aliphatic hydroxyl groups excluding tert-OH is 1. The van der Waals surface area contributed by atoms with Crippen molar-refractivity contribution in [3.05, 3.63) is 63.4 Å². The third-order valence-corrected chi connectivity index (χ3v) is 4.08. The number of halogens is 2. The van der Waals surface area contributed by atoms with E-state index in [0.717, 1.165) is 11.1 Å². The van der Waals surface area contributed by atoms with E-state index >= 15 is 0 Å². The van der Waals surface area contributed by atoms with Gasteiger partial charge in [-0.05, 0) is 46.6 Å². The van der Waals surface area contributed by atoms with E-state index in [0.29, 0.717) is 22.2 Å². The average molecular weight is 339 g/mol. The zero-order valence-corrected chi connectivity index (χ0v) is 12.9. The minimum Gasteiger partial charge on any atom is -0.496 e. The van der Waals surface area contributed by atoms with E-state index in [-0.39, 0.29) is 5.82 Å². The molecule has 2 rings (SSSR count). The molecule has 1 N–H and O–H groups in total. The van der Waals surface area contributed by atoms with Crippen LogP contribution in [0.2, 0.25) is 0 Å². The fourth-order valence-corrected chi connectivity index (χ4v) is 2.56. The first-order valence-corrected chi connectivity index (χ1v) is 7.07. The number of hydrogen-bond donors (Lipinski definition) is 1. The Hall–Kier alpha value is -1.39. The van der Waals surface area contributed by atoms with Crippen LogP contribution in [-0.2, 0) is 6.42 Å². The van der Waals surface area contributed by atoms with Crippen LogP contribution in [0.25, 0.3) is 0 Å². The van der Waals surface area contributed by atoms with Gasteiger partial charge in [-0.3, -0.25) is 0 Å². The summed E-state index contributed by atoms with van der Waals surface area (Å²) in [5.41, 5.74) is 2.47. The summed E-state index contributed by atoms with van der Waals surface area (Å²) in [7, 11) is 1.57. The molecule has 0 saturated heterocycles. The number of methoxy groups -OCH3 is 1.